The predicted octanol–water partition coefficient (Wildman–Crippen LogP) is 3.35. The van der Waals surface area contributed by atoms with Gasteiger partial charge in [-0.05, 0) is 62.3 Å². The van der Waals surface area contributed by atoms with Crippen LogP contribution in [0.3, 0.4) is 0 Å². The van der Waals surface area contributed by atoms with E-state index >= 15 is 0 Å². The molecule has 2 amide bonds. The third-order valence-electron chi connectivity index (χ3n) is 6.17. The molecule has 1 spiro atoms. The molecule has 1 heterocycles. The minimum atomic E-state index is -0.264. The molecule has 1 N–H and O–H groups in total. The summed E-state index contributed by atoms with van der Waals surface area (Å²) in [6, 6.07) is 14.5. The molecular formula is C22H26FN3O2. The standard InChI is InChI=1S/C22H26FN3O2/c1-25(2)22(17-5-4-6-18(23)11-17)13-21(14-22)15-26(20(27)24-21)12-16-7-9-19(28-3)10-8-16/h4-11H,12-15H2,1-3H3,(H,24,27)/t21-,22-. The molecule has 0 bridgehead atoms. The lowest BCUT2D eigenvalue weighted by Gasteiger charge is -2.57. The highest BCUT2D eigenvalue weighted by Gasteiger charge is 2.60. The van der Waals surface area contributed by atoms with Gasteiger partial charge in [0.2, 0.25) is 0 Å². The maximum absolute atomic E-state index is 13.8. The lowest BCUT2D eigenvalue weighted by molar-refractivity contribution is -0.0233. The van der Waals surface area contributed by atoms with Crippen molar-refractivity contribution in [3.63, 3.8) is 0 Å². The van der Waals surface area contributed by atoms with E-state index in [9.17, 15) is 9.18 Å². The molecule has 1 saturated carbocycles. The van der Waals surface area contributed by atoms with Crippen molar-refractivity contribution < 1.29 is 13.9 Å². The molecule has 1 aliphatic heterocycles. The molecule has 28 heavy (non-hydrogen) atoms. The second-order valence-electron chi connectivity index (χ2n) is 8.20. The van der Waals surface area contributed by atoms with E-state index in [1.54, 1.807) is 19.2 Å². The lowest BCUT2D eigenvalue weighted by atomic mass is 9.59. The van der Waals surface area contributed by atoms with E-state index in [1.807, 2.05) is 49.3 Å². The number of hydrogen-bond donors (Lipinski definition) is 1. The fourth-order valence-corrected chi connectivity index (χ4v) is 4.69. The quantitative estimate of drug-likeness (QED) is 0.861. The number of urea groups is 1. The van der Waals surface area contributed by atoms with Crippen LogP contribution in [-0.2, 0) is 12.1 Å². The number of nitrogens with zero attached hydrogens (tertiary/aromatic N) is 2. The minimum absolute atomic E-state index is 0.0394. The summed E-state index contributed by atoms with van der Waals surface area (Å²) in [4.78, 5) is 16.6. The molecule has 148 valence electrons. The molecule has 0 atom stereocenters. The van der Waals surface area contributed by atoms with Gasteiger partial charge in [-0.2, -0.15) is 0 Å². The highest BCUT2D eigenvalue weighted by atomic mass is 19.1. The molecule has 2 aromatic carbocycles. The second-order valence-corrected chi connectivity index (χ2v) is 8.20. The molecule has 5 nitrogen and oxygen atoms in total. The molecule has 2 aromatic rings. The summed E-state index contributed by atoms with van der Waals surface area (Å²) in [5, 5.41) is 3.20. The highest BCUT2D eigenvalue weighted by molar-refractivity contribution is 5.78. The van der Waals surface area contributed by atoms with Crippen molar-refractivity contribution in [2.24, 2.45) is 0 Å². The molecular weight excluding hydrogens is 357 g/mol. The number of rotatable bonds is 5. The predicted molar refractivity (Wildman–Crippen MR) is 106 cm³/mol. The van der Waals surface area contributed by atoms with Crippen molar-refractivity contribution in [3.05, 3.63) is 65.5 Å². The molecule has 0 radical (unpaired) electrons. The van der Waals surface area contributed by atoms with Crippen LogP contribution in [0.15, 0.2) is 48.5 Å². The average Bonchev–Trinajstić information content (AvgIpc) is 2.97. The molecule has 6 heteroatoms. The monoisotopic (exact) mass is 383 g/mol. The Morgan fingerprint density at radius 3 is 2.50 bits per heavy atom. The topological polar surface area (TPSA) is 44.8 Å². The van der Waals surface area contributed by atoms with Crippen LogP contribution in [0.5, 0.6) is 5.75 Å². The van der Waals surface area contributed by atoms with Gasteiger partial charge in [0.25, 0.3) is 0 Å². The van der Waals surface area contributed by atoms with E-state index in [4.69, 9.17) is 4.74 Å². The Morgan fingerprint density at radius 1 is 1.18 bits per heavy atom. The smallest absolute Gasteiger partial charge is 0.318 e. The van der Waals surface area contributed by atoms with E-state index in [0.717, 1.165) is 29.7 Å². The normalized spacial score (nSPS) is 26.5. The summed E-state index contributed by atoms with van der Waals surface area (Å²) in [6.07, 6.45) is 1.53. The van der Waals surface area contributed by atoms with Crippen LogP contribution in [0, 0.1) is 5.82 Å². The number of carbonyl (C=O) groups is 1. The Kier molecular flexibility index (Phi) is 4.54. The summed E-state index contributed by atoms with van der Waals surface area (Å²) < 4.78 is 19.0. The summed E-state index contributed by atoms with van der Waals surface area (Å²) in [5.41, 5.74) is 1.51. The van der Waals surface area contributed by atoms with Crippen molar-refractivity contribution in [1.82, 2.24) is 15.1 Å². The van der Waals surface area contributed by atoms with Gasteiger partial charge in [0.05, 0.1) is 18.2 Å². The Balaban J connectivity index is 1.49. The summed E-state index contributed by atoms with van der Waals surface area (Å²) >= 11 is 0. The maximum atomic E-state index is 13.8. The van der Waals surface area contributed by atoms with Gasteiger partial charge in [0.1, 0.15) is 11.6 Å². The number of nitrogens with one attached hydrogen (secondary N) is 1. The number of ether oxygens (including phenoxy) is 1. The van der Waals surface area contributed by atoms with Crippen LogP contribution < -0.4 is 10.1 Å². The zero-order valence-corrected chi connectivity index (χ0v) is 16.5. The van der Waals surface area contributed by atoms with Crippen LogP contribution in [0.2, 0.25) is 0 Å². The third-order valence-corrected chi connectivity index (χ3v) is 6.17. The number of amides is 2. The zero-order chi connectivity index (χ0) is 19.9. The minimum Gasteiger partial charge on any atom is -0.497 e. The summed E-state index contributed by atoms with van der Waals surface area (Å²) in [5.74, 6) is 0.576. The fourth-order valence-electron chi connectivity index (χ4n) is 4.69. The van der Waals surface area contributed by atoms with Crippen molar-refractivity contribution in [2.45, 2.75) is 30.5 Å². The Morgan fingerprint density at radius 2 is 1.89 bits per heavy atom. The van der Waals surface area contributed by atoms with E-state index in [2.05, 4.69) is 10.2 Å². The van der Waals surface area contributed by atoms with Gasteiger partial charge >= 0.3 is 6.03 Å². The number of hydrogen-bond acceptors (Lipinski definition) is 3. The number of methoxy groups -OCH3 is 1. The second kappa shape index (κ2) is 6.78. The van der Waals surface area contributed by atoms with E-state index in [-0.39, 0.29) is 22.9 Å². The first-order valence-electron chi connectivity index (χ1n) is 9.49. The van der Waals surface area contributed by atoms with Gasteiger partial charge in [-0.25, -0.2) is 9.18 Å². The molecule has 1 aliphatic carbocycles. The third kappa shape index (κ3) is 3.11. The van der Waals surface area contributed by atoms with Crippen LogP contribution in [0.25, 0.3) is 0 Å². The first-order valence-corrected chi connectivity index (χ1v) is 9.49. The first-order chi connectivity index (χ1) is 13.4. The van der Waals surface area contributed by atoms with E-state index in [0.29, 0.717) is 13.1 Å². The summed E-state index contributed by atoms with van der Waals surface area (Å²) in [7, 11) is 5.67. The maximum Gasteiger partial charge on any atom is 0.318 e. The van der Waals surface area contributed by atoms with Gasteiger partial charge in [0.15, 0.2) is 0 Å². The fraction of sp³-hybridized carbons (Fsp3) is 0.409. The van der Waals surface area contributed by atoms with Crippen LogP contribution in [0.4, 0.5) is 9.18 Å². The molecule has 2 fully saturated rings. The van der Waals surface area contributed by atoms with Crippen LogP contribution >= 0.6 is 0 Å². The molecule has 2 aliphatic rings. The largest absolute Gasteiger partial charge is 0.497 e. The molecule has 0 unspecified atom stereocenters. The van der Waals surface area contributed by atoms with Crippen molar-refractivity contribution in [2.75, 3.05) is 27.7 Å². The first kappa shape index (κ1) is 18.7. The number of halogens is 1. The van der Waals surface area contributed by atoms with Gasteiger partial charge in [-0.15, -0.1) is 0 Å². The van der Waals surface area contributed by atoms with Crippen molar-refractivity contribution in [1.29, 1.82) is 0 Å². The highest BCUT2D eigenvalue weighted by Crippen LogP contribution is 2.53. The number of benzene rings is 2. The van der Waals surface area contributed by atoms with E-state index < -0.39 is 0 Å². The Bertz CT molecular complexity index is 876. The van der Waals surface area contributed by atoms with Gasteiger partial charge in [0, 0.05) is 13.1 Å². The average molecular weight is 383 g/mol. The molecule has 0 aromatic heterocycles. The van der Waals surface area contributed by atoms with Gasteiger partial charge < -0.3 is 15.0 Å². The van der Waals surface area contributed by atoms with Crippen molar-refractivity contribution >= 4 is 6.03 Å². The lowest BCUT2D eigenvalue weighted by Crippen LogP contribution is -2.66. The van der Waals surface area contributed by atoms with E-state index in [1.165, 1.54) is 6.07 Å². The Labute approximate surface area is 165 Å². The van der Waals surface area contributed by atoms with Crippen LogP contribution in [-0.4, -0.2) is 49.1 Å². The number of carbonyl (C=O) groups excluding carboxylic acids is 1. The summed E-state index contributed by atoms with van der Waals surface area (Å²) in [6.45, 7) is 1.22. The Hall–Kier alpha value is -2.60. The van der Waals surface area contributed by atoms with Gasteiger partial charge in [-0.3, -0.25) is 4.90 Å². The van der Waals surface area contributed by atoms with Gasteiger partial charge in [-0.1, -0.05) is 24.3 Å². The zero-order valence-electron chi connectivity index (χ0n) is 16.5. The SMILES string of the molecule is COc1ccc(CN2C[C@]3(C[C@@](c4cccc(F)c4)(N(C)C)C3)NC2=O)cc1. The molecule has 1 saturated heterocycles. The molecule has 4 rings (SSSR count). The van der Waals surface area contributed by atoms with Crippen LogP contribution in [0.1, 0.15) is 24.0 Å². The van der Waals surface area contributed by atoms with Crippen molar-refractivity contribution in [3.8, 4) is 5.75 Å².